The van der Waals surface area contributed by atoms with Crippen LogP contribution in [-0.2, 0) is 0 Å². The minimum absolute atomic E-state index is 0.345. The SMILES string of the molecule is CCOc1c(C)cccc1C.Cc1ccc(O)cc1C. The predicted octanol–water partition coefficient (Wildman–Crippen LogP) is 4.71. The zero-order valence-corrected chi connectivity index (χ0v) is 13.0. The molecule has 0 atom stereocenters. The van der Waals surface area contributed by atoms with Crippen molar-refractivity contribution in [2.45, 2.75) is 34.6 Å². The maximum Gasteiger partial charge on any atom is 0.125 e. The zero-order chi connectivity index (χ0) is 15.1. The van der Waals surface area contributed by atoms with Gasteiger partial charge in [0.2, 0.25) is 0 Å². The molecule has 0 amide bonds. The highest BCUT2D eigenvalue weighted by molar-refractivity contribution is 5.39. The van der Waals surface area contributed by atoms with Crippen LogP contribution in [0.15, 0.2) is 36.4 Å². The molecule has 0 bridgehead atoms. The first-order valence-electron chi connectivity index (χ1n) is 6.91. The van der Waals surface area contributed by atoms with Crippen LogP contribution in [0, 0.1) is 27.7 Å². The molecule has 2 aromatic rings. The van der Waals surface area contributed by atoms with Crippen molar-refractivity contribution >= 4 is 0 Å². The summed E-state index contributed by atoms with van der Waals surface area (Å²) in [6.07, 6.45) is 0. The lowest BCUT2D eigenvalue weighted by molar-refractivity contribution is 0.335. The smallest absolute Gasteiger partial charge is 0.125 e. The highest BCUT2D eigenvalue weighted by atomic mass is 16.5. The number of ether oxygens (including phenoxy) is 1. The highest BCUT2D eigenvalue weighted by Crippen LogP contribution is 2.21. The zero-order valence-electron chi connectivity index (χ0n) is 13.0. The number of phenolic OH excluding ortho intramolecular Hbond substituents is 1. The molecule has 0 radical (unpaired) electrons. The maximum absolute atomic E-state index is 8.94. The minimum Gasteiger partial charge on any atom is -0.508 e. The van der Waals surface area contributed by atoms with Crippen LogP contribution in [0.3, 0.4) is 0 Å². The van der Waals surface area contributed by atoms with E-state index in [4.69, 9.17) is 9.84 Å². The quantitative estimate of drug-likeness (QED) is 0.857. The average molecular weight is 272 g/mol. The third-order valence-corrected chi connectivity index (χ3v) is 3.19. The lowest BCUT2D eigenvalue weighted by Crippen LogP contribution is -1.95. The van der Waals surface area contributed by atoms with E-state index >= 15 is 0 Å². The van der Waals surface area contributed by atoms with Crippen LogP contribution < -0.4 is 4.74 Å². The Balaban J connectivity index is 0.000000204. The van der Waals surface area contributed by atoms with Crippen molar-refractivity contribution in [1.82, 2.24) is 0 Å². The molecule has 0 fully saturated rings. The molecule has 2 rings (SSSR count). The van der Waals surface area contributed by atoms with Gasteiger partial charge in [-0.2, -0.15) is 0 Å². The molecule has 108 valence electrons. The second kappa shape index (κ2) is 7.59. The van der Waals surface area contributed by atoms with Crippen molar-refractivity contribution in [2.24, 2.45) is 0 Å². The Morgan fingerprint density at radius 2 is 1.45 bits per heavy atom. The Bertz CT molecular complexity index is 539. The number of aromatic hydroxyl groups is 1. The van der Waals surface area contributed by atoms with E-state index in [1.165, 1.54) is 16.7 Å². The fourth-order valence-corrected chi connectivity index (χ4v) is 1.90. The molecular formula is C18H24O2. The van der Waals surface area contributed by atoms with Crippen molar-refractivity contribution in [3.63, 3.8) is 0 Å². The molecule has 0 aliphatic carbocycles. The number of rotatable bonds is 2. The van der Waals surface area contributed by atoms with Crippen LogP contribution in [0.2, 0.25) is 0 Å². The van der Waals surface area contributed by atoms with E-state index < -0.39 is 0 Å². The summed E-state index contributed by atoms with van der Waals surface area (Å²) < 4.78 is 5.47. The molecule has 0 unspecified atom stereocenters. The second-order valence-electron chi connectivity index (χ2n) is 4.92. The molecule has 0 heterocycles. The monoisotopic (exact) mass is 272 g/mol. The Kier molecular flexibility index (Phi) is 6.10. The van der Waals surface area contributed by atoms with Gasteiger partial charge in [0.25, 0.3) is 0 Å². The van der Waals surface area contributed by atoms with Crippen LogP contribution in [-0.4, -0.2) is 11.7 Å². The van der Waals surface area contributed by atoms with Crippen LogP contribution in [0.5, 0.6) is 11.5 Å². The average Bonchev–Trinajstić information content (AvgIpc) is 2.40. The molecule has 0 saturated carbocycles. The van der Waals surface area contributed by atoms with E-state index in [9.17, 15) is 0 Å². The van der Waals surface area contributed by atoms with Gasteiger partial charge in [0.1, 0.15) is 11.5 Å². The molecule has 0 aliphatic heterocycles. The van der Waals surface area contributed by atoms with Gasteiger partial charge in [-0.25, -0.2) is 0 Å². The fraction of sp³-hybridized carbons (Fsp3) is 0.333. The maximum atomic E-state index is 8.94. The van der Waals surface area contributed by atoms with Gasteiger partial charge >= 0.3 is 0 Å². The van der Waals surface area contributed by atoms with Crippen LogP contribution in [0.4, 0.5) is 0 Å². The van der Waals surface area contributed by atoms with Gasteiger partial charge in [0.05, 0.1) is 6.61 Å². The topological polar surface area (TPSA) is 29.5 Å². The van der Waals surface area contributed by atoms with Crippen LogP contribution in [0.1, 0.15) is 29.2 Å². The number of hydrogen-bond acceptors (Lipinski definition) is 2. The first-order chi connectivity index (χ1) is 9.45. The van der Waals surface area contributed by atoms with Gasteiger partial charge in [-0.1, -0.05) is 24.3 Å². The Morgan fingerprint density at radius 3 is 1.90 bits per heavy atom. The predicted molar refractivity (Wildman–Crippen MR) is 84.7 cm³/mol. The van der Waals surface area contributed by atoms with Gasteiger partial charge in [-0.3, -0.25) is 0 Å². The van der Waals surface area contributed by atoms with Crippen LogP contribution in [0.25, 0.3) is 0 Å². The molecule has 0 saturated heterocycles. The van der Waals surface area contributed by atoms with Gasteiger partial charge in [0.15, 0.2) is 0 Å². The van der Waals surface area contributed by atoms with Crippen molar-refractivity contribution in [3.8, 4) is 11.5 Å². The third kappa shape index (κ3) is 4.61. The molecule has 2 aromatic carbocycles. The van der Waals surface area contributed by atoms with E-state index in [2.05, 4.69) is 26.0 Å². The summed E-state index contributed by atoms with van der Waals surface area (Å²) in [7, 11) is 0. The summed E-state index contributed by atoms with van der Waals surface area (Å²) >= 11 is 0. The number of para-hydroxylation sites is 1. The standard InChI is InChI=1S/C10H14O.C8H10O/c1-4-11-10-8(2)6-5-7-9(10)3;1-6-3-4-8(9)5-7(6)2/h5-7H,4H2,1-3H3;3-5,9H,1-2H3. The fourth-order valence-electron chi connectivity index (χ4n) is 1.90. The van der Waals surface area contributed by atoms with E-state index in [0.717, 1.165) is 17.9 Å². The van der Waals surface area contributed by atoms with Crippen molar-refractivity contribution < 1.29 is 9.84 Å². The molecule has 0 aromatic heterocycles. The van der Waals surface area contributed by atoms with Gasteiger partial charge in [-0.15, -0.1) is 0 Å². The normalized spacial score (nSPS) is 9.65. The van der Waals surface area contributed by atoms with Crippen molar-refractivity contribution in [2.75, 3.05) is 6.61 Å². The van der Waals surface area contributed by atoms with E-state index in [1.807, 2.05) is 32.9 Å². The van der Waals surface area contributed by atoms with E-state index in [0.29, 0.717) is 5.75 Å². The number of hydrogen-bond donors (Lipinski definition) is 1. The minimum atomic E-state index is 0.345. The molecule has 1 N–H and O–H groups in total. The molecule has 0 spiro atoms. The summed E-state index contributed by atoms with van der Waals surface area (Å²) in [6, 6.07) is 11.5. The number of phenols is 1. The first-order valence-corrected chi connectivity index (χ1v) is 6.91. The van der Waals surface area contributed by atoms with E-state index in [-0.39, 0.29) is 0 Å². The Hall–Kier alpha value is -1.96. The van der Waals surface area contributed by atoms with Gasteiger partial charge in [0, 0.05) is 0 Å². The van der Waals surface area contributed by atoms with Gasteiger partial charge < -0.3 is 9.84 Å². The summed E-state index contributed by atoms with van der Waals surface area (Å²) in [5.41, 5.74) is 4.78. The molecule has 2 heteroatoms. The first kappa shape index (κ1) is 16.1. The highest BCUT2D eigenvalue weighted by Gasteiger charge is 2.00. The van der Waals surface area contributed by atoms with Gasteiger partial charge in [-0.05, 0) is 69.0 Å². The molecule has 2 nitrogen and oxygen atoms in total. The summed E-state index contributed by atoms with van der Waals surface area (Å²) in [5, 5.41) is 8.94. The van der Waals surface area contributed by atoms with Crippen molar-refractivity contribution in [3.05, 3.63) is 58.7 Å². The second-order valence-corrected chi connectivity index (χ2v) is 4.92. The summed E-state index contributed by atoms with van der Waals surface area (Å²) in [5.74, 6) is 1.38. The number of aryl methyl sites for hydroxylation is 4. The summed E-state index contributed by atoms with van der Waals surface area (Å²) in [6.45, 7) is 10.9. The molecule has 0 aliphatic rings. The van der Waals surface area contributed by atoms with Crippen molar-refractivity contribution in [1.29, 1.82) is 0 Å². The lowest BCUT2D eigenvalue weighted by Gasteiger charge is -2.08. The van der Waals surface area contributed by atoms with E-state index in [1.54, 1.807) is 12.1 Å². The largest absolute Gasteiger partial charge is 0.508 e. The summed E-state index contributed by atoms with van der Waals surface area (Å²) in [4.78, 5) is 0. The third-order valence-electron chi connectivity index (χ3n) is 3.19. The van der Waals surface area contributed by atoms with Crippen LogP contribution >= 0.6 is 0 Å². The lowest BCUT2D eigenvalue weighted by atomic mass is 10.1. The number of benzene rings is 2. The Labute approximate surface area is 122 Å². The molecular weight excluding hydrogens is 248 g/mol. The molecule has 20 heavy (non-hydrogen) atoms. The Morgan fingerprint density at radius 1 is 0.850 bits per heavy atom.